The van der Waals surface area contributed by atoms with E-state index in [4.69, 9.17) is 11.6 Å². The van der Waals surface area contributed by atoms with Crippen LogP contribution in [0.25, 0.3) is 0 Å². The van der Waals surface area contributed by atoms with Gasteiger partial charge in [0, 0.05) is 36.1 Å². The number of amides is 1. The Balaban J connectivity index is 1.61. The van der Waals surface area contributed by atoms with Crippen LogP contribution < -0.4 is 5.32 Å². The van der Waals surface area contributed by atoms with Crippen molar-refractivity contribution in [3.05, 3.63) is 64.7 Å². The Bertz CT molecular complexity index is 1050. The highest BCUT2D eigenvalue weighted by Crippen LogP contribution is 2.29. The number of nitrogens with one attached hydrogen (secondary N) is 1. The predicted molar refractivity (Wildman–Crippen MR) is 119 cm³/mol. The maximum Gasteiger partial charge on any atom is 0.245 e. The lowest BCUT2D eigenvalue weighted by molar-refractivity contribution is -0.126. The highest BCUT2D eigenvalue weighted by atomic mass is 35.5. The van der Waals surface area contributed by atoms with Gasteiger partial charge in [-0.2, -0.15) is 4.31 Å². The van der Waals surface area contributed by atoms with Gasteiger partial charge in [0.05, 0.1) is 6.04 Å². The van der Waals surface area contributed by atoms with Crippen LogP contribution in [0.4, 0.5) is 8.78 Å². The van der Waals surface area contributed by atoms with Gasteiger partial charge in [-0.1, -0.05) is 29.8 Å². The molecular weight excluding hydrogens is 460 g/mol. The SMILES string of the molecule is CN(C)[C@H](CNC(=O)C1CCN(S(=O)(=O)c2ccccc2F)CC1)c1c(F)cccc1Cl. The van der Waals surface area contributed by atoms with Crippen molar-refractivity contribution < 1.29 is 22.0 Å². The molecule has 174 valence electrons. The molecule has 3 rings (SSSR count). The Kier molecular flexibility index (Phi) is 7.87. The van der Waals surface area contributed by atoms with Gasteiger partial charge in [0.15, 0.2) is 0 Å². The molecule has 0 radical (unpaired) electrons. The molecule has 32 heavy (non-hydrogen) atoms. The third-order valence-electron chi connectivity index (χ3n) is 5.71. The smallest absolute Gasteiger partial charge is 0.245 e. The lowest BCUT2D eigenvalue weighted by Gasteiger charge is -2.31. The molecule has 1 amide bonds. The molecule has 2 aromatic carbocycles. The minimum absolute atomic E-state index is 0.116. The van der Waals surface area contributed by atoms with E-state index in [-0.39, 0.29) is 41.4 Å². The number of sulfonamides is 1. The standard InChI is InChI=1S/C22H26ClF2N3O3S/c1-27(2)19(21-16(23)6-5-8-18(21)25)14-26-22(29)15-10-12-28(13-11-15)32(30,31)20-9-4-3-7-17(20)24/h3-9,15,19H,10-14H2,1-2H3,(H,26,29)/t19-/m1/s1. The van der Waals surface area contributed by atoms with E-state index in [0.717, 1.165) is 6.07 Å². The van der Waals surface area contributed by atoms with Gasteiger partial charge in [0.1, 0.15) is 16.5 Å². The second-order valence-corrected chi connectivity index (χ2v) is 10.3. The molecule has 0 spiro atoms. The number of nitrogens with zero attached hydrogens (tertiary/aromatic N) is 2. The van der Waals surface area contributed by atoms with E-state index in [1.54, 1.807) is 25.1 Å². The van der Waals surface area contributed by atoms with Crippen LogP contribution in [0.5, 0.6) is 0 Å². The van der Waals surface area contributed by atoms with Crippen molar-refractivity contribution in [3.63, 3.8) is 0 Å². The van der Waals surface area contributed by atoms with Crippen LogP contribution in [0.1, 0.15) is 24.4 Å². The van der Waals surface area contributed by atoms with E-state index in [1.807, 2.05) is 0 Å². The lowest BCUT2D eigenvalue weighted by Crippen LogP contribution is -2.44. The summed E-state index contributed by atoms with van der Waals surface area (Å²) in [5.41, 5.74) is 0.310. The molecule has 1 heterocycles. The van der Waals surface area contributed by atoms with E-state index < -0.39 is 27.7 Å². The number of hydrogen-bond donors (Lipinski definition) is 1. The summed E-state index contributed by atoms with van der Waals surface area (Å²) in [5.74, 6) is -1.86. The number of rotatable bonds is 7. The van der Waals surface area contributed by atoms with Crippen molar-refractivity contribution in [1.82, 2.24) is 14.5 Å². The second kappa shape index (κ2) is 10.2. The van der Waals surface area contributed by atoms with Crippen LogP contribution in [-0.2, 0) is 14.8 Å². The minimum atomic E-state index is -3.96. The molecule has 0 aliphatic carbocycles. The Morgan fingerprint density at radius 3 is 2.34 bits per heavy atom. The second-order valence-electron chi connectivity index (χ2n) is 7.97. The van der Waals surface area contributed by atoms with Crippen LogP contribution >= 0.6 is 11.6 Å². The zero-order valence-electron chi connectivity index (χ0n) is 17.9. The van der Waals surface area contributed by atoms with Gasteiger partial charge in [-0.05, 0) is 51.2 Å². The first-order valence-electron chi connectivity index (χ1n) is 10.3. The van der Waals surface area contributed by atoms with Gasteiger partial charge >= 0.3 is 0 Å². The van der Waals surface area contributed by atoms with Gasteiger partial charge in [0.25, 0.3) is 0 Å². The van der Waals surface area contributed by atoms with Crippen LogP contribution in [-0.4, -0.2) is 57.3 Å². The Morgan fingerprint density at radius 2 is 1.75 bits per heavy atom. The molecule has 10 heteroatoms. The van der Waals surface area contributed by atoms with Crippen LogP contribution in [0, 0.1) is 17.6 Å². The molecule has 1 fully saturated rings. The number of carbonyl (C=O) groups is 1. The Hall–Kier alpha value is -2.07. The average molecular weight is 486 g/mol. The molecule has 1 aliphatic rings. The van der Waals surface area contributed by atoms with Gasteiger partial charge < -0.3 is 10.2 Å². The van der Waals surface area contributed by atoms with Crippen molar-refractivity contribution in [2.75, 3.05) is 33.7 Å². The van der Waals surface area contributed by atoms with Crippen LogP contribution in [0.2, 0.25) is 5.02 Å². The maximum atomic E-state index is 14.4. The molecule has 1 aliphatic heterocycles. The topological polar surface area (TPSA) is 69.7 Å². The minimum Gasteiger partial charge on any atom is -0.354 e. The summed E-state index contributed by atoms with van der Waals surface area (Å²) >= 11 is 6.18. The maximum absolute atomic E-state index is 14.4. The van der Waals surface area contributed by atoms with Gasteiger partial charge in [0.2, 0.25) is 15.9 Å². The largest absolute Gasteiger partial charge is 0.354 e. The number of halogens is 3. The summed E-state index contributed by atoms with van der Waals surface area (Å²) in [6.45, 7) is 0.385. The zero-order valence-corrected chi connectivity index (χ0v) is 19.5. The molecule has 0 unspecified atom stereocenters. The van der Waals surface area contributed by atoms with Crippen LogP contribution in [0.15, 0.2) is 47.4 Å². The molecular formula is C22H26ClF2N3O3S. The molecule has 1 atom stereocenters. The number of benzene rings is 2. The summed E-state index contributed by atoms with van der Waals surface area (Å²) < 4.78 is 55.0. The summed E-state index contributed by atoms with van der Waals surface area (Å²) in [4.78, 5) is 14.1. The average Bonchev–Trinajstić information content (AvgIpc) is 2.75. The Morgan fingerprint density at radius 1 is 1.12 bits per heavy atom. The first-order valence-corrected chi connectivity index (χ1v) is 12.1. The Labute approximate surface area is 192 Å². The monoisotopic (exact) mass is 485 g/mol. The fraction of sp³-hybridized carbons (Fsp3) is 0.409. The van der Waals surface area contributed by atoms with Crippen molar-refractivity contribution in [2.24, 2.45) is 5.92 Å². The summed E-state index contributed by atoms with van der Waals surface area (Å²) in [7, 11) is -0.422. The predicted octanol–water partition coefficient (Wildman–Crippen LogP) is 3.44. The molecule has 1 saturated heterocycles. The first kappa shape index (κ1) is 24.6. The zero-order chi connectivity index (χ0) is 23.5. The van der Waals surface area contributed by atoms with E-state index >= 15 is 0 Å². The lowest BCUT2D eigenvalue weighted by atomic mass is 9.97. The third kappa shape index (κ3) is 5.28. The van der Waals surface area contributed by atoms with Crippen molar-refractivity contribution >= 4 is 27.5 Å². The molecule has 2 aromatic rings. The number of likely N-dealkylation sites (N-methyl/N-ethyl adjacent to an activating group) is 1. The molecule has 1 N–H and O–H groups in total. The van der Waals surface area contributed by atoms with E-state index in [0.29, 0.717) is 18.4 Å². The molecule has 6 nitrogen and oxygen atoms in total. The summed E-state index contributed by atoms with van der Waals surface area (Å²) in [6, 6.07) is 9.23. The first-order chi connectivity index (χ1) is 15.1. The number of hydrogen-bond acceptors (Lipinski definition) is 4. The van der Waals surface area contributed by atoms with Crippen molar-refractivity contribution in [1.29, 1.82) is 0 Å². The van der Waals surface area contributed by atoms with Gasteiger partial charge in [-0.25, -0.2) is 17.2 Å². The molecule has 0 bridgehead atoms. The fourth-order valence-corrected chi connectivity index (χ4v) is 5.69. The summed E-state index contributed by atoms with van der Waals surface area (Å²) in [6.07, 6.45) is 0.624. The van der Waals surface area contributed by atoms with Gasteiger partial charge in [-0.15, -0.1) is 0 Å². The van der Waals surface area contributed by atoms with E-state index in [2.05, 4.69) is 5.32 Å². The number of carbonyl (C=O) groups excluding carboxylic acids is 1. The quantitative estimate of drug-likeness (QED) is 0.652. The third-order valence-corrected chi connectivity index (χ3v) is 7.97. The molecule has 0 aromatic heterocycles. The highest BCUT2D eigenvalue weighted by molar-refractivity contribution is 7.89. The van der Waals surface area contributed by atoms with Crippen LogP contribution in [0.3, 0.4) is 0 Å². The van der Waals surface area contributed by atoms with E-state index in [9.17, 15) is 22.0 Å². The highest BCUT2D eigenvalue weighted by Gasteiger charge is 2.33. The van der Waals surface area contributed by atoms with Crippen molar-refractivity contribution in [3.8, 4) is 0 Å². The molecule has 0 saturated carbocycles. The fourth-order valence-electron chi connectivity index (χ4n) is 3.86. The summed E-state index contributed by atoms with van der Waals surface area (Å²) in [5, 5.41) is 3.13. The normalized spacial score (nSPS) is 16.8. The number of piperidine rings is 1. The van der Waals surface area contributed by atoms with Crippen molar-refractivity contribution in [2.45, 2.75) is 23.8 Å². The van der Waals surface area contributed by atoms with E-state index in [1.165, 1.54) is 34.6 Å². The van der Waals surface area contributed by atoms with Gasteiger partial charge in [-0.3, -0.25) is 4.79 Å².